The molecule has 0 aliphatic rings. The molecule has 2 unspecified atom stereocenters. The fourth-order valence-corrected chi connectivity index (χ4v) is 2.92. The van der Waals surface area contributed by atoms with Gasteiger partial charge in [-0.1, -0.05) is 64.8 Å². The maximum absolute atomic E-state index is 11.5. The molecule has 0 saturated carbocycles. The van der Waals surface area contributed by atoms with Crippen LogP contribution < -0.4 is 5.11 Å². The number of rotatable bonds is 9. The summed E-state index contributed by atoms with van der Waals surface area (Å²) >= 11 is 0. The molecule has 0 aromatic heterocycles. The van der Waals surface area contributed by atoms with Gasteiger partial charge < -0.3 is 14.6 Å². The Balaban J connectivity index is 2.80. The Morgan fingerprint density at radius 1 is 1.12 bits per heavy atom. The molecule has 0 amide bonds. The summed E-state index contributed by atoms with van der Waals surface area (Å²) in [7, 11) is 0. The van der Waals surface area contributed by atoms with Crippen LogP contribution >= 0.6 is 0 Å². The number of esters is 1. The highest BCUT2D eigenvalue weighted by molar-refractivity contribution is 5.70. The predicted octanol–water partition coefficient (Wildman–Crippen LogP) is 3.40. The molecule has 4 heteroatoms. The van der Waals surface area contributed by atoms with Crippen LogP contribution in [0.2, 0.25) is 0 Å². The zero-order valence-corrected chi connectivity index (χ0v) is 16.1. The lowest BCUT2D eigenvalue weighted by Crippen LogP contribution is -2.41. The average molecular weight is 347 g/mol. The number of aryl methyl sites for hydroxylation is 1. The van der Waals surface area contributed by atoms with E-state index in [2.05, 4.69) is 45.0 Å². The molecule has 1 rings (SSSR count). The molecule has 0 aliphatic heterocycles. The van der Waals surface area contributed by atoms with E-state index < -0.39 is 24.0 Å². The summed E-state index contributed by atoms with van der Waals surface area (Å²) in [6, 6.07) is 8.32. The Bertz CT molecular complexity index is 554. The van der Waals surface area contributed by atoms with Crippen molar-refractivity contribution in [3.05, 3.63) is 35.4 Å². The first-order valence-corrected chi connectivity index (χ1v) is 9.12. The van der Waals surface area contributed by atoms with Crippen molar-refractivity contribution in [2.75, 3.05) is 0 Å². The van der Waals surface area contributed by atoms with Crippen molar-refractivity contribution in [2.45, 2.75) is 78.2 Å². The van der Waals surface area contributed by atoms with Gasteiger partial charge in [-0.2, -0.15) is 0 Å². The van der Waals surface area contributed by atoms with Crippen LogP contribution in [0.3, 0.4) is 0 Å². The number of hydrogen-bond acceptors (Lipinski definition) is 4. The maximum Gasteiger partial charge on any atom is 0.302 e. The highest BCUT2D eigenvalue weighted by Crippen LogP contribution is 2.24. The van der Waals surface area contributed by atoms with Gasteiger partial charge in [0.15, 0.2) is 0 Å². The number of hydrogen-bond donors (Lipinski definition) is 0. The van der Waals surface area contributed by atoms with Gasteiger partial charge in [0.1, 0.15) is 6.10 Å². The highest BCUT2D eigenvalue weighted by Gasteiger charge is 2.25. The molecule has 0 fully saturated rings. The normalized spacial score (nSPS) is 14.0. The van der Waals surface area contributed by atoms with E-state index in [1.807, 2.05) is 6.92 Å². The molecule has 0 bridgehead atoms. The van der Waals surface area contributed by atoms with E-state index in [-0.39, 0.29) is 5.41 Å². The molecule has 0 radical (unpaired) electrons. The third-order valence-electron chi connectivity index (χ3n) is 4.48. The molecule has 1 aromatic rings. The summed E-state index contributed by atoms with van der Waals surface area (Å²) in [4.78, 5) is 22.9. The van der Waals surface area contributed by atoms with E-state index in [4.69, 9.17) is 4.74 Å². The van der Waals surface area contributed by atoms with Crippen LogP contribution in [0, 0.1) is 5.92 Å². The molecule has 25 heavy (non-hydrogen) atoms. The monoisotopic (exact) mass is 347 g/mol. The second-order valence-corrected chi connectivity index (χ2v) is 7.70. The molecule has 140 valence electrons. The first kappa shape index (κ1) is 21.2. The fraction of sp³-hybridized carbons (Fsp3) is 0.619. The molecule has 0 spiro atoms. The minimum absolute atomic E-state index is 0.0963. The van der Waals surface area contributed by atoms with Gasteiger partial charge in [-0.25, -0.2) is 0 Å². The molecule has 4 nitrogen and oxygen atoms in total. The Labute approximate surface area is 151 Å². The van der Waals surface area contributed by atoms with Crippen LogP contribution in [0.25, 0.3) is 0 Å². The van der Waals surface area contributed by atoms with Crippen LogP contribution in [-0.2, 0) is 26.2 Å². The van der Waals surface area contributed by atoms with Crippen molar-refractivity contribution in [1.82, 2.24) is 0 Å². The van der Waals surface area contributed by atoms with Gasteiger partial charge in [0.05, 0.1) is 0 Å². The molecular formula is C21H31O4-. The van der Waals surface area contributed by atoms with Gasteiger partial charge in [-0.05, 0) is 35.8 Å². The van der Waals surface area contributed by atoms with E-state index >= 15 is 0 Å². The van der Waals surface area contributed by atoms with E-state index in [1.54, 1.807) is 0 Å². The lowest BCUT2D eigenvalue weighted by Gasteiger charge is -2.27. The first-order valence-electron chi connectivity index (χ1n) is 9.12. The van der Waals surface area contributed by atoms with Crippen LogP contribution in [0.1, 0.15) is 71.4 Å². The summed E-state index contributed by atoms with van der Waals surface area (Å²) in [6.45, 7) is 9.81. The van der Waals surface area contributed by atoms with E-state index in [0.717, 1.165) is 18.4 Å². The van der Waals surface area contributed by atoms with Crippen molar-refractivity contribution < 1.29 is 19.4 Å². The number of carboxylic acids is 1. The summed E-state index contributed by atoms with van der Waals surface area (Å²) in [6.07, 6.45) is 2.65. The number of ether oxygens (including phenoxy) is 1. The van der Waals surface area contributed by atoms with Gasteiger partial charge in [0.25, 0.3) is 0 Å². The lowest BCUT2D eigenvalue weighted by molar-refractivity contribution is -0.314. The van der Waals surface area contributed by atoms with Crippen molar-refractivity contribution in [3.63, 3.8) is 0 Å². The molecular weight excluding hydrogens is 316 g/mol. The van der Waals surface area contributed by atoms with Crippen LogP contribution in [-0.4, -0.2) is 18.0 Å². The fourth-order valence-electron chi connectivity index (χ4n) is 2.92. The maximum atomic E-state index is 11.5. The number of carboxylic acid groups (broad SMARTS) is 1. The topological polar surface area (TPSA) is 66.4 Å². The smallest absolute Gasteiger partial charge is 0.302 e. The van der Waals surface area contributed by atoms with Crippen LogP contribution in [0.4, 0.5) is 0 Å². The SMILES string of the molecule is CCCCC(C(=O)[O-])C(CCc1ccc(C(C)(C)C)cc1)OC(C)=O. The molecule has 0 N–H and O–H groups in total. The zero-order chi connectivity index (χ0) is 19.0. The third-order valence-corrected chi connectivity index (χ3v) is 4.48. The highest BCUT2D eigenvalue weighted by atomic mass is 16.5. The van der Waals surface area contributed by atoms with Crippen molar-refractivity contribution in [3.8, 4) is 0 Å². The molecule has 1 aromatic carbocycles. The number of aliphatic carboxylic acids is 1. The third kappa shape index (κ3) is 7.29. The van der Waals surface area contributed by atoms with Crippen LogP contribution in [0.15, 0.2) is 24.3 Å². The second-order valence-electron chi connectivity index (χ2n) is 7.70. The average Bonchev–Trinajstić information content (AvgIpc) is 2.51. The summed E-state index contributed by atoms with van der Waals surface area (Å²) in [5.74, 6) is -2.34. The van der Waals surface area contributed by atoms with Crippen molar-refractivity contribution >= 4 is 11.9 Å². The van der Waals surface area contributed by atoms with E-state index in [9.17, 15) is 14.7 Å². The Hall–Kier alpha value is -1.84. The minimum Gasteiger partial charge on any atom is -0.550 e. The second kappa shape index (κ2) is 9.59. The Morgan fingerprint density at radius 2 is 1.72 bits per heavy atom. The molecule has 0 heterocycles. The number of unbranched alkanes of at least 4 members (excludes halogenated alkanes) is 1. The molecule has 0 aliphatic carbocycles. The van der Waals surface area contributed by atoms with Gasteiger partial charge in [-0.15, -0.1) is 0 Å². The first-order chi connectivity index (χ1) is 11.6. The van der Waals surface area contributed by atoms with Gasteiger partial charge in [-0.3, -0.25) is 4.79 Å². The number of benzene rings is 1. The van der Waals surface area contributed by atoms with Crippen molar-refractivity contribution in [1.29, 1.82) is 0 Å². The largest absolute Gasteiger partial charge is 0.550 e. The summed E-state index contributed by atoms with van der Waals surface area (Å²) < 4.78 is 5.31. The number of carbonyl (C=O) groups excluding carboxylic acids is 2. The van der Waals surface area contributed by atoms with Gasteiger partial charge in [0, 0.05) is 18.8 Å². The number of carbonyl (C=O) groups is 2. The zero-order valence-electron chi connectivity index (χ0n) is 16.1. The molecule has 0 saturated heterocycles. The lowest BCUT2D eigenvalue weighted by atomic mass is 9.86. The summed E-state index contributed by atoms with van der Waals surface area (Å²) in [5.41, 5.74) is 2.46. The minimum atomic E-state index is -1.14. The van der Waals surface area contributed by atoms with Gasteiger partial charge >= 0.3 is 5.97 Å². The van der Waals surface area contributed by atoms with Crippen LogP contribution in [0.5, 0.6) is 0 Å². The quantitative estimate of drug-likeness (QED) is 0.642. The Kier molecular flexibility index (Phi) is 8.14. The van der Waals surface area contributed by atoms with E-state index in [0.29, 0.717) is 19.3 Å². The van der Waals surface area contributed by atoms with Gasteiger partial charge in [0.2, 0.25) is 0 Å². The standard InChI is InChI=1S/C21H32O4/c1-6-7-8-18(20(23)24)19(25-15(2)22)14-11-16-9-12-17(13-10-16)21(3,4)5/h9-10,12-13,18-19H,6-8,11,14H2,1-5H3,(H,23,24)/p-1. The Morgan fingerprint density at radius 3 is 2.16 bits per heavy atom. The van der Waals surface area contributed by atoms with Crippen molar-refractivity contribution in [2.24, 2.45) is 5.92 Å². The molecule has 2 atom stereocenters. The van der Waals surface area contributed by atoms with E-state index in [1.165, 1.54) is 12.5 Å². The predicted molar refractivity (Wildman–Crippen MR) is 97.0 cm³/mol. The summed E-state index contributed by atoms with van der Waals surface area (Å²) in [5, 5.41) is 11.5.